The number of hydrogen-bond donors (Lipinski definition) is 2. The Kier molecular flexibility index (Phi) is 4.46. The van der Waals surface area contributed by atoms with Gasteiger partial charge in [0.1, 0.15) is 0 Å². The van der Waals surface area contributed by atoms with E-state index in [0.717, 1.165) is 24.3 Å². The number of nitrogen functional groups attached to an aromatic ring is 1. The fourth-order valence-electron chi connectivity index (χ4n) is 2.68. The first-order chi connectivity index (χ1) is 9.06. The molecule has 104 valence electrons. The minimum Gasteiger partial charge on any atom is -0.398 e. The second-order valence-electron chi connectivity index (χ2n) is 5.86. The van der Waals surface area contributed by atoms with Gasteiger partial charge in [-0.1, -0.05) is 25.8 Å². The number of carbonyl (C=O) groups is 1. The molecule has 3 heteroatoms. The molecular formula is C16H24N2O. The zero-order chi connectivity index (χ0) is 13.8. The molecule has 1 aliphatic rings. The molecule has 0 saturated heterocycles. The van der Waals surface area contributed by atoms with Crippen LogP contribution < -0.4 is 11.1 Å². The number of nitrogens with two attached hydrogens (primary N) is 1. The maximum absolute atomic E-state index is 12.2. The maximum atomic E-state index is 12.2. The van der Waals surface area contributed by atoms with E-state index in [4.69, 9.17) is 5.73 Å². The van der Waals surface area contributed by atoms with Gasteiger partial charge < -0.3 is 11.1 Å². The van der Waals surface area contributed by atoms with Crippen LogP contribution in [0.15, 0.2) is 18.2 Å². The highest BCUT2D eigenvalue weighted by atomic mass is 16.1. The van der Waals surface area contributed by atoms with Crippen LogP contribution in [0.5, 0.6) is 0 Å². The van der Waals surface area contributed by atoms with Crippen molar-refractivity contribution in [3.05, 3.63) is 29.3 Å². The molecule has 3 N–H and O–H groups in total. The van der Waals surface area contributed by atoms with Crippen molar-refractivity contribution in [1.29, 1.82) is 0 Å². The van der Waals surface area contributed by atoms with Crippen molar-refractivity contribution in [1.82, 2.24) is 5.32 Å². The third-order valence-corrected chi connectivity index (χ3v) is 4.13. The Hall–Kier alpha value is -1.51. The topological polar surface area (TPSA) is 55.1 Å². The number of anilines is 1. The summed E-state index contributed by atoms with van der Waals surface area (Å²) in [7, 11) is 0. The molecule has 1 saturated carbocycles. The first-order valence-electron chi connectivity index (χ1n) is 7.23. The molecule has 19 heavy (non-hydrogen) atoms. The van der Waals surface area contributed by atoms with Crippen molar-refractivity contribution in [2.45, 2.75) is 52.0 Å². The predicted octanol–water partition coefficient (Wildman–Crippen LogP) is 3.28. The van der Waals surface area contributed by atoms with Gasteiger partial charge in [0.05, 0.1) is 0 Å². The Morgan fingerprint density at radius 1 is 1.26 bits per heavy atom. The predicted molar refractivity (Wildman–Crippen MR) is 79.1 cm³/mol. The van der Waals surface area contributed by atoms with E-state index in [1.165, 1.54) is 19.3 Å². The molecule has 1 amide bonds. The number of carbonyl (C=O) groups excluding carboxylic acids is 1. The lowest BCUT2D eigenvalue weighted by atomic mass is 10.0. The fourth-order valence-corrected chi connectivity index (χ4v) is 2.68. The molecule has 0 spiro atoms. The van der Waals surface area contributed by atoms with Crippen molar-refractivity contribution in [3.63, 3.8) is 0 Å². The summed E-state index contributed by atoms with van der Waals surface area (Å²) >= 11 is 0. The van der Waals surface area contributed by atoms with Gasteiger partial charge in [0.25, 0.3) is 5.91 Å². The minimum absolute atomic E-state index is 0.00579. The van der Waals surface area contributed by atoms with Gasteiger partial charge in [0.2, 0.25) is 0 Å². The molecular weight excluding hydrogens is 236 g/mol. The van der Waals surface area contributed by atoms with Crippen molar-refractivity contribution in [3.8, 4) is 0 Å². The van der Waals surface area contributed by atoms with Crippen molar-refractivity contribution in [2.75, 3.05) is 5.73 Å². The van der Waals surface area contributed by atoms with Crippen LogP contribution in [0.3, 0.4) is 0 Å². The summed E-state index contributed by atoms with van der Waals surface area (Å²) in [5.41, 5.74) is 8.22. The van der Waals surface area contributed by atoms with E-state index in [2.05, 4.69) is 12.2 Å². The number of aryl methyl sites for hydroxylation is 1. The molecule has 2 atom stereocenters. The van der Waals surface area contributed by atoms with Gasteiger partial charge in [-0.3, -0.25) is 4.79 Å². The second-order valence-corrected chi connectivity index (χ2v) is 5.86. The molecule has 0 aliphatic heterocycles. The molecule has 3 nitrogen and oxygen atoms in total. The smallest absolute Gasteiger partial charge is 0.251 e. The van der Waals surface area contributed by atoms with Gasteiger partial charge in [-0.2, -0.15) is 0 Å². The zero-order valence-corrected chi connectivity index (χ0v) is 11.9. The molecule has 1 aromatic carbocycles. The van der Waals surface area contributed by atoms with Crippen LogP contribution in [0.2, 0.25) is 0 Å². The highest BCUT2D eigenvalue weighted by molar-refractivity contribution is 5.95. The summed E-state index contributed by atoms with van der Waals surface area (Å²) in [5, 5.41) is 3.15. The highest BCUT2D eigenvalue weighted by Gasteiger charge is 2.18. The van der Waals surface area contributed by atoms with E-state index >= 15 is 0 Å². The van der Waals surface area contributed by atoms with Crippen molar-refractivity contribution < 1.29 is 4.79 Å². The van der Waals surface area contributed by atoms with Crippen molar-refractivity contribution in [2.24, 2.45) is 5.92 Å². The lowest BCUT2D eigenvalue weighted by Crippen LogP contribution is -2.34. The minimum atomic E-state index is 0.00579. The molecule has 0 bridgehead atoms. The molecule has 0 aromatic heterocycles. The van der Waals surface area contributed by atoms with Gasteiger partial charge in [-0.15, -0.1) is 0 Å². The number of benzene rings is 1. The van der Waals surface area contributed by atoms with Gasteiger partial charge in [0, 0.05) is 17.3 Å². The van der Waals surface area contributed by atoms with Crippen LogP contribution in [0, 0.1) is 12.8 Å². The van der Waals surface area contributed by atoms with E-state index < -0.39 is 0 Å². The van der Waals surface area contributed by atoms with Gasteiger partial charge in [-0.05, 0) is 49.8 Å². The average Bonchev–Trinajstić information content (AvgIpc) is 2.58. The van der Waals surface area contributed by atoms with Crippen LogP contribution in [0.1, 0.15) is 54.9 Å². The lowest BCUT2D eigenvalue weighted by molar-refractivity contribution is 0.0933. The number of nitrogens with one attached hydrogen (secondary N) is 1. The van der Waals surface area contributed by atoms with E-state index in [9.17, 15) is 4.79 Å². The van der Waals surface area contributed by atoms with E-state index in [1.54, 1.807) is 6.07 Å². The van der Waals surface area contributed by atoms with Crippen LogP contribution in [0.25, 0.3) is 0 Å². The number of hydrogen-bond acceptors (Lipinski definition) is 2. The largest absolute Gasteiger partial charge is 0.398 e. The molecule has 0 radical (unpaired) electrons. The average molecular weight is 260 g/mol. The Balaban J connectivity index is 1.98. The van der Waals surface area contributed by atoms with Gasteiger partial charge in [-0.25, -0.2) is 0 Å². The Labute approximate surface area is 115 Å². The first-order valence-corrected chi connectivity index (χ1v) is 7.23. The monoisotopic (exact) mass is 260 g/mol. The lowest BCUT2D eigenvalue weighted by Gasteiger charge is -2.16. The highest BCUT2D eigenvalue weighted by Crippen LogP contribution is 2.23. The van der Waals surface area contributed by atoms with Crippen LogP contribution in [0.4, 0.5) is 5.69 Å². The Morgan fingerprint density at radius 2 is 2.05 bits per heavy atom. The fraction of sp³-hybridized carbons (Fsp3) is 0.562. The summed E-state index contributed by atoms with van der Waals surface area (Å²) < 4.78 is 0. The van der Waals surface area contributed by atoms with Crippen LogP contribution in [-0.2, 0) is 0 Å². The summed E-state index contributed by atoms with van der Waals surface area (Å²) in [6.07, 6.45) is 5.89. The quantitative estimate of drug-likeness (QED) is 0.633. The molecule has 1 fully saturated rings. The number of amides is 1. The normalized spacial score (nSPS) is 23.7. The summed E-state index contributed by atoms with van der Waals surface area (Å²) in [5.74, 6) is 0.795. The van der Waals surface area contributed by atoms with Gasteiger partial charge >= 0.3 is 0 Å². The third-order valence-electron chi connectivity index (χ3n) is 4.13. The van der Waals surface area contributed by atoms with Gasteiger partial charge in [0.15, 0.2) is 0 Å². The van der Waals surface area contributed by atoms with E-state index in [1.807, 2.05) is 19.1 Å². The SMILES string of the molecule is Cc1ccc(C(=O)NC2CCCC(C)CC2)cc1N. The van der Waals surface area contributed by atoms with E-state index in [-0.39, 0.29) is 5.91 Å². The molecule has 0 heterocycles. The zero-order valence-electron chi connectivity index (χ0n) is 11.9. The van der Waals surface area contributed by atoms with Crippen molar-refractivity contribution >= 4 is 11.6 Å². The number of rotatable bonds is 2. The summed E-state index contributed by atoms with van der Waals surface area (Å²) in [6.45, 7) is 4.24. The maximum Gasteiger partial charge on any atom is 0.251 e. The molecule has 2 unspecified atom stereocenters. The van der Waals surface area contributed by atoms with Crippen LogP contribution in [-0.4, -0.2) is 11.9 Å². The molecule has 1 aromatic rings. The van der Waals surface area contributed by atoms with E-state index in [0.29, 0.717) is 17.3 Å². The second kappa shape index (κ2) is 6.09. The molecule has 2 rings (SSSR count). The third kappa shape index (κ3) is 3.72. The molecule has 1 aliphatic carbocycles. The standard InChI is InChI=1S/C16H24N2O/c1-11-4-3-5-14(9-6-11)18-16(19)13-8-7-12(2)15(17)10-13/h7-8,10-11,14H,3-6,9,17H2,1-2H3,(H,18,19). The summed E-state index contributed by atoms with van der Waals surface area (Å²) in [4.78, 5) is 12.2. The van der Waals surface area contributed by atoms with Crippen LogP contribution >= 0.6 is 0 Å². The Bertz CT molecular complexity index is 456. The first kappa shape index (κ1) is 13.9. The summed E-state index contributed by atoms with van der Waals surface area (Å²) in [6, 6.07) is 5.84. The Morgan fingerprint density at radius 3 is 2.79 bits per heavy atom.